The predicted molar refractivity (Wildman–Crippen MR) is 30.6 cm³/mol. The summed E-state index contributed by atoms with van der Waals surface area (Å²) in [5.74, 6) is 0. The first-order valence-electron chi connectivity index (χ1n) is 2.62. The summed E-state index contributed by atoms with van der Waals surface area (Å²) in [5.41, 5.74) is 0. The van der Waals surface area contributed by atoms with Crippen molar-refractivity contribution in [2.24, 2.45) is 0 Å². The summed E-state index contributed by atoms with van der Waals surface area (Å²) in [6.45, 7) is 0. The molecule has 0 saturated heterocycles. The van der Waals surface area contributed by atoms with Gasteiger partial charge in [0, 0.05) is 16.8 Å². The Morgan fingerprint density at radius 2 is 0.312 bits per heavy atom. The standard InChI is InChI=1S/3BF4.Co/c3*2-1(3,4)5;/q3*-1;. The molecular formula is B3CoF12-3. The van der Waals surface area contributed by atoms with Crippen LogP contribution in [0.15, 0.2) is 0 Å². The van der Waals surface area contributed by atoms with Crippen molar-refractivity contribution < 1.29 is 68.6 Å². The van der Waals surface area contributed by atoms with Crippen LogP contribution in [-0.2, 0) is 16.8 Å². The number of halogens is 12. The Bertz CT molecular complexity index is 91.3. The molecule has 0 aliphatic carbocycles. The molecule has 0 unspecified atom stereocenters. The van der Waals surface area contributed by atoms with Gasteiger partial charge in [-0.25, -0.2) is 0 Å². The Morgan fingerprint density at radius 1 is 0.312 bits per heavy atom. The molecule has 0 amide bonds. The smallest absolute Gasteiger partial charge is 0.418 e. The third-order valence-electron chi connectivity index (χ3n) is 0. The zero-order chi connectivity index (χ0) is 13.5. The van der Waals surface area contributed by atoms with Gasteiger partial charge < -0.3 is 51.8 Å². The topological polar surface area (TPSA) is 0 Å². The number of hydrogen-bond acceptors (Lipinski definition) is 0. The molecule has 0 nitrogen and oxygen atoms in total. The van der Waals surface area contributed by atoms with Crippen molar-refractivity contribution in [2.45, 2.75) is 0 Å². The molecule has 16 heteroatoms. The zero-order valence-electron chi connectivity index (χ0n) is 6.60. The van der Waals surface area contributed by atoms with Crippen LogP contribution < -0.4 is 0 Å². The van der Waals surface area contributed by atoms with Crippen LogP contribution in [-0.4, -0.2) is 21.8 Å². The fourth-order valence-corrected chi connectivity index (χ4v) is 0. The Kier molecular flexibility index (Phi) is 13.9. The molecule has 0 aromatic rings. The number of hydrogen-bond donors (Lipinski definition) is 0. The van der Waals surface area contributed by atoms with E-state index in [0.717, 1.165) is 0 Å². The van der Waals surface area contributed by atoms with E-state index in [-0.39, 0.29) is 16.8 Å². The molecule has 0 fully saturated rings. The summed E-state index contributed by atoms with van der Waals surface area (Å²) in [4.78, 5) is 0. The second kappa shape index (κ2) is 8.95. The molecule has 0 aromatic carbocycles. The van der Waals surface area contributed by atoms with E-state index in [1.807, 2.05) is 0 Å². The van der Waals surface area contributed by atoms with E-state index in [9.17, 15) is 51.8 Å². The van der Waals surface area contributed by atoms with Crippen LogP contribution in [0, 0.1) is 0 Å². The van der Waals surface area contributed by atoms with Crippen LogP contribution in [0.5, 0.6) is 0 Å². The summed E-state index contributed by atoms with van der Waals surface area (Å²) in [6, 6.07) is 0. The minimum atomic E-state index is -6.00. The van der Waals surface area contributed by atoms with Crippen molar-refractivity contribution in [3.8, 4) is 0 Å². The molecule has 0 rings (SSSR count). The van der Waals surface area contributed by atoms with Crippen molar-refractivity contribution in [2.75, 3.05) is 0 Å². The zero-order valence-corrected chi connectivity index (χ0v) is 7.64. The largest absolute Gasteiger partial charge is 0.673 e. The molecule has 0 aliphatic rings. The SMILES string of the molecule is F[B-](F)(F)F.F[B-](F)(F)F.F[B-](F)(F)F.[Co]. The minimum Gasteiger partial charge on any atom is -0.418 e. The Balaban J connectivity index is -0.0000000655. The van der Waals surface area contributed by atoms with Crippen molar-refractivity contribution in [1.82, 2.24) is 0 Å². The van der Waals surface area contributed by atoms with E-state index in [1.54, 1.807) is 0 Å². The van der Waals surface area contributed by atoms with Crippen LogP contribution in [0.2, 0.25) is 0 Å². The van der Waals surface area contributed by atoms with Gasteiger partial charge in [-0.2, -0.15) is 0 Å². The van der Waals surface area contributed by atoms with Crippen molar-refractivity contribution in [3.05, 3.63) is 0 Å². The van der Waals surface area contributed by atoms with Gasteiger partial charge in [0.2, 0.25) is 0 Å². The van der Waals surface area contributed by atoms with Gasteiger partial charge in [0.1, 0.15) is 0 Å². The molecule has 1 radical (unpaired) electrons. The molecule has 0 spiro atoms. The van der Waals surface area contributed by atoms with Crippen molar-refractivity contribution >= 4 is 21.8 Å². The van der Waals surface area contributed by atoms with Crippen LogP contribution in [0.3, 0.4) is 0 Å². The summed E-state index contributed by atoms with van der Waals surface area (Å²) in [7, 11) is -18.0. The molecule has 0 heterocycles. The van der Waals surface area contributed by atoms with Crippen molar-refractivity contribution in [3.63, 3.8) is 0 Å². The molecule has 0 N–H and O–H groups in total. The van der Waals surface area contributed by atoms with Gasteiger partial charge in [-0.15, -0.1) is 0 Å². The molecular weight excluding hydrogens is 319 g/mol. The third kappa shape index (κ3) is 119000. The predicted octanol–water partition coefficient (Wildman–Crippen LogP) is 3.90. The minimum absolute atomic E-state index is 0. The first-order chi connectivity index (χ1) is 6.00. The van der Waals surface area contributed by atoms with Gasteiger partial charge in [-0.05, 0) is 0 Å². The first kappa shape index (κ1) is 24.9. The van der Waals surface area contributed by atoms with E-state index in [0.29, 0.717) is 0 Å². The van der Waals surface area contributed by atoms with Crippen LogP contribution in [0.25, 0.3) is 0 Å². The average Bonchev–Trinajstić information content (AvgIpc) is 1.41. The maximum absolute atomic E-state index is 9.75. The maximum atomic E-state index is 9.75. The van der Waals surface area contributed by atoms with E-state index < -0.39 is 21.8 Å². The summed E-state index contributed by atoms with van der Waals surface area (Å²) in [5, 5.41) is 0. The van der Waals surface area contributed by atoms with E-state index in [4.69, 9.17) is 0 Å². The molecule has 0 aliphatic heterocycles. The second-order valence-corrected chi connectivity index (χ2v) is 1.48. The van der Waals surface area contributed by atoms with E-state index >= 15 is 0 Å². The Labute approximate surface area is 91.3 Å². The van der Waals surface area contributed by atoms with Gasteiger partial charge in [0.15, 0.2) is 0 Å². The molecule has 105 valence electrons. The molecule has 0 saturated carbocycles. The van der Waals surface area contributed by atoms with E-state index in [2.05, 4.69) is 0 Å². The van der Waals surface area contributed by atoms with Crippen molar-refractivity contribution in [1.29, 1.82) is 0 Å². The molecule has 0 aromatic heterocycles. The van der Waals surface area contributed by atoms with Gasteiger partial charge in [-0.3, -0.25) is 0 Å². The third-order valence-corrected chi connectivity index (χ3v) is 0. The Hall–Kier alpha value is -0.139. The maximum Gasteiger partial charge on any atom is 0.673 e. The summed E-state index contributed by atoms with van der Waals surface area (Å²) >= 11 is 0. The van der Waals surface area contributed by atoms with Crippen LogP contribution in [0.1, 0.15) is 0 Å². The van der Waals surface area contributed by atoms with Gasteiger partial charge >= 0.3 is 21.8 Å². The average molecular weight is 319 g/mol. The summed E-state index contributed by atoms with van der Waals surface area (Å²) < 4.78 is 117. The van der Waals surface area contributed by atoms with Crippen LogP contribution >= 0.6 is 0 Å². The molecule has 0 bridgehead atoms. The van der Waals surface area contributed by atoms with Gasteiger partial charge in [0.05, 0.1) is 0 Å². The summed E-state index contributed by atoms with van der Waals surface area (Å²) in [6.07, 6.45) is 0. The first-order valence-corrected chi connectivity index (χ1v) is 2.62. The monoisotopic (exact) mass is 320 g/mol. The van der Waals surface area contributed by atoms with Crippen LogP contribution in [0.4, 0.5) is 51.8 Å². The van der Waals surface area contributed by atoms with E-state index in [1.165, 1.54) is 0 Å². The fourth-order valence-electron chi connectivity index (χ4n) is 0. The molecule has 0 atom stereocenters. The van der Waals surface area contributed by atoms with Gasteiger partial charge in [0.25, 0.3) is 0 Å². The normalized spacial score (nSPS) is 11.2. The fraction of sp³-hybridized carbons (Fsp3) is 0. The second-order valence-electron chi connectivity index (χ2n) is 1.48. The Morgan fingerprint density at radius 3 is 0.312 bits per heavy atom. The quantitative estimate of drug-likeness (QED) is 0.469. The molecule has 16 heavy (non-hydrogen) atoms. The number of rotatable bonds is 0. The van der Waals surface area contributed by atoms with Gasteiger partial charge in [-0.1, -0.05) is 0 Å².